The number of hydrogen-bond donors (Lipinski definition) is 4. The van der Waals surface area contributed by atoms with Gasteiger partial charge < -0.3 is 15.7 Å². The number of nitrogens with two attached hydrogens (primary N) is 1. The van der Waals surface area contributed by atoms with E-state index in [0.29, 0.717) is 11.4 Å². The Morgan fingerprint density at radius 3 is 1.85 bits per heavy atom. The van der Waals surface area contributed by atoms with E-state index in [-0.39, 0.29) is 21.9 Å². The predicted octanol–water partition coefficient (Wildman–Crippen LogP) is 4.76. The van der Waals surface area contributed by atoms with Gasteiger partial charge in [-0.3, -0.25) is 9.59 Å². The molecule has 39 heavy (non-hydrogen) atoms. The summed E-state index contributed by atoms with van der Waals surface area (Å²) in [5, 5.41) is 19.3. The Kier molecular flexibility index (Phi) is 8.45. The molecular weight excluding hydrogens is 538 g/mol. The maximum Gasteiger partial charge on any atom is 0.336 e. The minimum absolute atomic E-state index is 0.0429. The fraction of sp³-hybridized carbons (Fsp3) is 0.0357. The quantitative estimate of drug-likeness (QED) is 0.215. The highest BCUT2D eigenvalue weighted by molar-refractivity contribution is 8.00. The molecule has 1 unspecified atom stereocenters. The molecule has 0 spiro atoms. The first-order chi connectivity index (χ1) is 18.6. The lowest BCUT2D eigenvalue weighted by Crippen LogP contribution is -2.19. The summed E-state index contributed by atoms with van der Waals surface area (Å²) in [6, 6.07) is 27.5. The van der Waals surface area contributed by atoms with Crippen LogP contribution in [0.3, 0.4) is 0 Å². The Morgan fingerprint density at radius 2 is 1.26 bits per heavy atom. The van der Waals surface area contributed by atoms with E-state index in [4.69, 9.17) is 5.14 Å². The minimum Gasteiger partial charge on any atom is -0.478 e. The van der Waals surface area contributed by atoms with E-state index in [9.17, 15) is 27.9 Å². The first-order valence-corrected chi connectivity index (χ1v) is 13.9. The number of hydrogen-bond acceptors (Lipinski definition) is 6. The molecule has 0 aliphatic heterocycles. The van der Waals surface area contributed by atoms with Crippen molar-refractivity contribution in [3.05, 3.63) is 120 Å². The maximum atomic E-state index is 13.3. The molecule has 198 valence electrons. The van der Waals surface area contributed by atoms with Crippen LogP contribution in [-0.4, -0.2) is 31.3 Å². The number of thioether (sulfide) groups is 1. The molecule has 0 radical (unpaired) electrons. The van der Waals surface area contributed by atoms with Crippen molar-refractivity contribution in [1.82, 2.24) is 0 Å². The highest BCUT2D eigenvalue weighted by Gasteiger charge is 2.23. The van der Waals surface area contributed by atoms with Crippen molar-refractivity contribution >= 4 is 50.9 Å². The second kappa shape index (κ2) is 11.9. The number of carboxylic acid groups (broad SMARTS) is 1. The van der Waals surface area contributed by atoms with Gasteiger partial charge in [0.1, 0.15) is 5.25 Å². The van der Waals surface area contributed by atoms with Gasteiger partial charge in [-0.1, -0.05) is 42.5 Å². The lowest BCUT2D eigenvalue weighted by molar-refractivity contribution is -0.115. The number of carbonyl (C=O) groups excluding carboxylic acids is 2. The van der Waals surface area contributed by atoms with Gasteiger partial charge in [-0.2, -0.15) is 0 Å². The number of primary sulfonamides is 1. The normalized spacial score (nSPS) is 11.8. The SMILES string of the molecule is NS(=O)(=O)c1ccc(NC(=O)C(Sc2ccc(NC(=O)c3ccccc3C(=O)O)cc2)c2ccccc2)cc1. The molecule has 9 nitrogen and oxygen atoms in total. The zero-order valence-electron chi connectivity index (χ0n) is 20.3. The van der Waals surface area contributed by atoms with Gasteiger partial charge in [0.25, 0.3) is 5.91 Å². The molecular formula is C28H23N3O6S2. The van der Waals surface area contributed by atoms with E-state index in [2.05, 4.69) is 10.6 Å². The minimum atomic E-state index is -3.85. The largest absolute Gasteiger partial charge is 0.478 e. The predicted molar refractivity (Wildman–Crippen MR) is 149 cm³/mol. The standard InChI is InChI=1S/C28H23N3O6S2/c29-39(36,37)22-16-12-20(13-17-22)31-27(33)25(18-6-2-1-3-7-18)38-21-14-10-19(11-15-21)30-26(32)23-8-4-5-9-24(23)28(34)35/h1-17,25H,(H,30,32)(H,31,33)(H,34,35)(H2,29,36,37). The van der Waals surface area contributed by atoms with Crippen molar-refractivity contribution in [2.24, 2.45) is 5.14 Å². The van der Waals surface area contributed by atoms with Crippen LogP contribution >= 0.6 is 11.8 Å². The highest BCUT2D eigenvalue weighted by atomic mass is 32.2. The van der Waals surface area contributed by atoms with Crippen LogP contribution in [0.5, 0.6) is 0 Å². The lowest BCUT2D eigenvalue weighted by atomic mass is 10.1. The second-order valence-corrected chi connectivity index (χ2v) is 11.0. The van der Waals surface area contributed by atoms with Gasteiger partial charge in [-0.15, -0.1) is 11.8 Å². The maximum absolute atomic E-state index is 13.3. The summed E-state index contributed by atoms with van der Waals surface area (Å²) >= 11 is 1.29. The third-order valence-electron chi connectivity index (χ3n) is 5.56. The first kappa shape index (κ1) is 27.6. The molecule has 0 aliphatic carbocycles. The second-order valence-electron chi connectivity index (χ2n) is 8.30. The number of nitrogens with one attached hydrogen (secondary N) is 2. The number of benzene rings is 4. The van der Waals surface area contributed by atoms with E-state index in [1.165, 1.54) is 48.2 Å². The third kappa shape index (κ3) is 7.11. The van der Waals surface area contributed by atoms with Gasteiger partial charge in [-0.05, 0) is 66.2 Å². The van der Waals surface area contributed by atoms with Gasteiger partial charge in [0.15, 0.2) is 0 Å². The molecule has 4 aromatic rings. The van der Waals surface area contributed by atoms with E-state index >= 15 is 0 Å². The fourth-order valence-electron chi connectivity index (χ4n) is 3.66. The summed E-state index contributed by atoms with van der Waals surface area (Å²) in [4.78, 5) is 38.0. The number of carboxylic acids is 1. The van der Waals surface area contributed by atoms with Crippen LogP contribution in [0.25, 0.3) is 0 Å². The van der Waals surface area contributed by atoms with E-state index in [0.717, 1.165) is 10.5 Å². The Hall–Kier alpha value is -4.45. The average Bonchev–Trinajstić information content (AvgIpc) is 2.92. The molecule has 5 N–H and O–H groups in total. The molecule has 0 aliphatic rings. The van der Waals surface area contributed by atoms with Gasteiger partial charge in [-0.25, -0.2) is 18.4 Å². The monoisotopic (exact) mass is 561 g/mol. The first-order valence-electron chi connectivity index (χ1n) is 11.5. The Morgan fingerprint density at radius 1 is 0.718 bits per heavy atom. The van der Waals surface area contributed by atoms with Crippen LogP contribution in [0.2, 0.25) is 0 Å². The van der Waals surface area contributed by atoms with Crippen molar-refractivity contribution < 1.29 is 27.9 Å². The van der Waals surface area contributed by atoms with Gasteiger partial charge in [0.05, 0.1) is 16.0 Å². The van der Waals surface area contributed by atoms with Crippen molar-refractivity contribution in [1.29, 1.82) is 0 Å². The molecule has 4 aromatic carbocycles. The zero-order valence-corrected chi connectivity index (χ0v) is 21.9. The number of sulfonamides is 1. The Balaban J connectivity index is 1.50. The zero-order chi connectivity index (χ0) is 28.0. The van der Waals surface area contributed by atoms with Gasteiger partial charge in [0.2, 0.25) is 15.9 Å². The van der Waals surface area contributed by atoms with Crippen LogP contribution in [0, 0.1) is 0 Å². The number of rotatable bonds is 9. The van der Waals surface area contributed by atoms with Gasteiger partial charge in [0, 0.05) is 16.3 Å². The van der Waals surface area contributed by atoms with E-state index < -0.39 is 27.1 Å². The Labute approximate surface area is 229 Å². The van der Waals surface area contributed by atoms with Crippen molar-refractivity contribution in [3.8, 4) is 0 Å². The van der Waals surface area contributed by atoms with Crippen LogP contribution in [0.4, 0.5) is 11.4 Å². The molecule has 0 fully saturated rings. The Bertz CT molecular complexity index is 1610. The molecule has 0 bridgehead atoms. The molecule has 4 rings (SSSR count). The van der Waals surface area contributed by atoms with Crippen LogP contribution in [0.1, 0.15) is 31.5 Å². The number of carbonyl (C=O) groups is 3. The fourth-order valence-corrected chi connectivity index (χ4v) is 5.20. The summed E-state index contributed by atoms with van der Waals surface area (Å²) in [5.41, 5.74) is 1.57. The van der Waals surface area contributed by atoms with Crippen molar-refractivity contribution in [2.45, 2.75) is 15.0 Å². The van der Waals surface area contributed by atoms with Crippen molar-refractivity contribution in [3.63, 3.8) is 0 Å². The van der Waals surface area contributed by atoms with Crippen LogP contribution in [0.15, 0.2) is 113 Å². The molecule has 0 aromatic heterocycles. The molecule has 11 heteroatoms. The van der Waals surface area contributed by atoms with E-state index in [1.54, 1.807) is 36.4 Å². The lowest BCUT2D eigenvalue weighted by Gasteiger charge is -2.17. The smallest absolute Gasteiger partial charge is 0.336 e. The van der Waals surface area contributed by atoms with Crippen molar-refractivity contribution in [2.75, 3.05) is 10.6 Å². The number of amides is 2. The molecule has 0 saturated heterocycles. The number of anilines is 2. The summed E-state index contributed by atoms with van der Waals surface area (Å²) < 4.78 is 23.0. The third-order valence-corrected chi connectivity index (χ3v) is 7.75. The molecule has 2 amide bonds. The van der Waals surface area contributed by atoms with Crippen LogP contribution in [-0.2, 0) is 14.8 Å². The molecule has 0 heterocycles. The highest BCUT2D eigenvalue weighted by Crippen LogP contribution is 2.37. The van der Waals surface area contributed by atoms with E-state index in [1.807, 2.05) is 30.3 Å². The average molecular weight is 562 g/mol. The topological polar surface area (TPSA) is 156 Å². The summed E-state index contributed by atoms with van der Waals surface area (Å²) in [5.74, 6) is -2.07. The summed E-state index contributed by atoms with van der Waals surface area (Å²) in [6.07, 6.45) is 0. The van der Waals surface area contributed by atoms with Crippen LogP contribution < -0.4 is 15.8 Å². The molecule has 0 saturated carbocycles. The van der Waals surface area contributed by atoms with Gasteiger partial charge >= 0.3 is 5.97 Å². The summed E-state index contributed by atoms with van der Waals surface area (Å²) in [7, 11) is -3.85. The summed E-state index contributed by atoms with van der Waals surface area (Å²) in [6.45, 7) is 0. The molecule has 1 atom stereocenters. The number of aromatic carboxylic acids is 1.